The van der Waals surface area contributed by atoms with Crippen LogP contribution in [0.25, 0.3) is 0 Å². The number of amides is 1. The zero-order valence-corrected chi connectivity index (χ0v) is 10.2. The molecule has 0 spiro atoms. The predicted octanol–water partition coefficient (Wildman–Crippen LogP) is 0.812. The van der Waals surface area contributed by atoms with E-state index in [0.29, 0.717) is 0 Å². The van der Waals surface area contributed by atoms with Gasteiger partial charge in [0.2, 0.25) is 5.91 Å². The molecule has 92 valence electrons. The fraction of sp³-hybridized carbons (Fsp3) is 0.917. The van der Waals surface area contributed by atoms with E-state index in [9.17, 15) is 4.79 Å². The Bertz CT molecular complexity index is 270. The first-order valence-corrected chi connectivity index (χ1v) is 6.29. The lowest BCUT2D eigenvalue weighted by atomic mass is 9.92. The highest BCUT2D eigenvalue weighted by molar-refractivity contribution is 5.82. The summed E-state index contributed by atoms with van der Waals surface area (Å²) in [5, 5.41) is 6.46. The molecule has 2 N–H and O–H groups in total. The average Bonchev–Trinajstić information content (AvgIpc) is 2.45. The molecule has 4 nitrogen and oxygen atoms in total. The van der Waals surface area contributed by atoms with E-state index in [1.165, 1.54) is 0 Å². The molecule has 2 rings (SSSR count). The molecule has 0 aromatic carbocycles. The van der Waals surface area contributed by atoms with Crippen LogP contribution in [0.4, 0.5) is 0 Å². The van der Waals surface area contributed by atoms with Crippen molar-refractivity contribution in [1.82, 2.24) is 10.6 Å². The van der Waals surface area contributed by atoms with Gasteiger partial charge in [-0.2, -0.15) is 0 Å². The van der Waals surface area contributed by atoms with Crippen LogP contribution in [0.1, 0.15) is 39.5 Å². The molecule has 4 heteroatoms. The molecule has 0 aromatic rings. The van der Waals surface area contributed by atoms with Crippen LogP contribution in [0.5, 0.6) is 0 Å². The van der Waals surface area contributed by atoms with Gasteiger partial charge in [-0.3, -0.25) is 10.1 Å². The minimum Gasteiger partial charge on any atom is -0.377 e. The maximum atomic E-state index is 11.8. The van der Waals surface area contributed by atoms with E-state index in [2.05, 4.69) is 24.5 Å². The molecule has 3 atom stereocenters. The summed E-state index contributed by atoms with van der Waals surface area (Å²) in [6, 6.07) is -0.0448. The summed E-state index contributed by atoms with van der Waals surface area (Å²) in [7, 11) is 0. The van der Waals surface area contributed by atoms with Crippen LogP contribution in [0.3, 0.4) is 0 Å². The molecule has 0 aliphatic carbocycles. The number of ether oxygens (including phenoxy) is 1. The third kappa shape index (κ3) is 2.38. The van der Waals surface area contributed by atoms with Crippen LogP contribution in [0.15, 0.2) is 0 Å². The summed E-state index contributed by atoms with van der Waals surface area (Å²) in [6.45, 7) is 5.84. The van der Waals surface area contributed by atoms with E-state index >= 15 is 0 Å². The van der Waals surface area contributed by atoms with E-state index in [-0.39, 0.29) is 23.6 Å². The minimum atomic E-state index is -0.0493. The Kier molecular flexibility index (Phi) is 3.50. The Hall–Kier alpha value is -0.610. The number of hydrogen-bond donors (Lipinski definition) is 2. The maximum absolute atomic E-state index is 11.8. The van der Waals surface area contributed by atoms with Crippen molar-refractivity contribution in [2.24, 2.45) is 0 Å². The second-order valence-electron chi connectivity index (χ2n) is 5.16. The molecular formula is C12H22N2O2. The molecule has 3 unspecified atom stereocenters. The summed E-state index contributed by atoms with van der Waals surface area (Å²) in [6.07, 6.45) is 4.31. The SMILES string of the molecule is CC1OCCC1(C)NC1CCCCNC1=O. The molecule has 0 aromatic heterocycles. The van der Waals surface area contributed by atoms with Gasteiger partial charge in [-0.15, -0.1) is 0 Å². The Morgan fingerprint density at radius 1 is 1.50 bits per heavy atom. The van der Waals surface area contributed by atoms with Crippen molar-refractivity contribution >= 4 is 5.91 Å². The van der Waals surface area contributed by atoms with Crippen molar-refractivity contribution in [3.8, 4) is 0 Å². The highest BCUT2D eigenvalue weighted by atomic mass is 16.5. The first kappa shape index (κ1) is 11.9. The van der Waals surface area contributed by atoms with Gasteiger partial charge in [-0.25, -0.2) is 0 Å². The molecule has 2 fully saturated rings. The van der Waals surface area contributed by atoms with E-state index in [1.54, 1.807) is 0 Å². The van der Waals surface area contributed by atoms with Gasteiger partial charge < -0.3 is 10.1 Å². The van der Waals surface area contributed by atoms with E-state index in [1.807, 2.05) is 0 Å². The van der Waals surface area contributed by atoms with Gasteiger partial charge in [0.1, 0.15) is 0 Å². The number of carbonyl (C=O) groups excluding carboxylic acids is 1. The van der Waals surface area contributed by atoms with Crippen molar-refractivity contribution in [2.75, 3.05) is 13.2 Å². The van der Waals surface area contributed by atoms with Crippen LogP contribution in [-0.4, -0.2) is 36.7 Å². The molecule has 16 heavy (non-hydrogen) atoms. The molecule has 0 saturated carbocycles. The van der Waals surface area contributed by atoms with Gasteiger partial charge in [-0.05, 0) is 39.5 Å². The highest BCUT2D eigenvalue weighted by Crippen LogP contribution is 2.26. The monoisotopic (exact) mass is 226 g/mol. The fourth-order valence-electron chi connectivity index (χ4n) is 2.50. The third-order valence-corrected chi connectivity index (χ3v) is 3.93. The standard InChI is InChI=1S/C12H22N2O2/c1-9-12(2,6-8-16-9)14-10-5-3-4-7-13-11(10)15/h9-10,14H,3-8H2,1-2H3,(H,13,15). The molecule has 2 heterocycles. The first-order chi connectivity index (χ1) is 7.62. The van der Waals surface area contributed by atoms with Crippen molar-refractivity contribution in [3.63, 3.8) is 0 Å². The zero-order chi connectivity index (χ0) is 11.6. The number of carbonyl (C=O) groups is 1. The summed E-state index contributed by atoms with van der Waals surface area (Å²) >= 11 is 0. The largest absolute Gasteiger partial charge is 0.377 e. The molecule has 2 saturated heterocycles. The van der Waals surface area contributed by atoms with Crippen molar-refractivity contribution < 1.29 is 9.53 Å². The second kappa shape index (κ2) is 4.72. The molecule has 1 amide bonds. The van der Waals surface area contributed by atoms with Gasteiger partial charge in [-0.1, -0.05) is 0 Å². The van der Waals surface area contributed by atoms with Crippen LogP contribution >= 0.6 is 0 Å². The van der Waals surface area contributed by atoms with Gasteiger partial charge in [0, 0.05) is 18.7 Å². The molecule has 0 bridgehead atoms. The molecule has 2 aliphatic rings. The normalized spacial score (nSPS) is 40.5. The van der Waals surface area contributed by atoms with Gasteiger partial charge in [0.15, 0.2) is 0 Å². The minimum absolute atomic E-state index is 0.0448. The topological polar surface area (TPSA) is 50.4 Å². The lowest BCUT2D eigenvalue weighted by Crippen LogP contribution is -2.56. The Labute approximate surface area is 97.1 Å². The van der Waals surface area contributed by atoms with E-state index in [4.69, 9.17) is 4.74 Å². The van der Waals surface area contributed by atoms with Crippen LogP contribution in [0, 0.1) is 0 Å². The summed E-state index contributed by atoms with van der Waals surface area (Å²) in [5.41, 5.74) is -0.0493. The molecule has 0 radical (unpaired) electrons. The van der Waals surface area contributed by atoms with Crippen LogP contribution in [0.2, 0.25) is 0 Å². The van der Waals surface area contributed by atoms with Crippen LogP contribution < -0.4 is 10.6 Å². The summed E-state index contributed by atoms with van der Waals surface area (Å²) in [4.78, 5) is 11.8. The predicted molar refractivity (Wildman–Crippen MR) is 62.2 cm³/mol. The average molecular weight is 226 g/mol. The van der Waals surface area contributed by atoms with Crippen LogP contribution in [-0.2, 0) is 9.53 Å². The van der Waals surface area contributed by atoms with Crippen molar-refractivity contribution in [3.05, 3.63) is 0 Å². The zero-order valence-electron chi connectivity index (χ0n) is 10.2. The Morgan fingerprint density at radius 3 is 3.00 bits per heavy atom. The van der Waals surface area contributed by atoms with E-state index < -0.39 is 0 Å². The number of hydrogen-bond acceptors (Lipinski definition) is 3. The second-order valence-corrected chi connectivity index (χ2v) is 5.16. The lowest BCUT2D eigenvalue weighted by molar-refractivity contribution is -0.123. The lowest BCUT2D eigenvalue weighted by Gasteiger charge is -2.32. The Balaban J connectivity index is 1.99. The third-order valence-electron chi connectivity index (χ3n) is 3.93. The number of rotatable bonds is 2. The first-order valence-electron chi connectivity index (χ1n) is 6.29. The van der Waals surface area contributed by atoms with Crippen molar-refractivity contribution in [1.29, 1.82) is 0 Å². The highest BCUT2D eigenvalue weighted by Gasteiger charge is 2.39. The van der Waals surface area contributed by atoms with Gasteiger partial charge in [0.25, 0.3) is 0 Å². The maximum Gasteiger partial charge on any atom is 0.237 e. The quantitative estimate of drug-likeness (QED) is 0.732. The summed E-state index contributed by atoms with van der Waals surface area (Å²) in [5.74, 6) is 0.151. The van der Waals surface area contributed by atoms with E-state index in [0.717, 1.165) is 38.8 Å². The Morgan fingerprint density at radius 2 is 2.31 bits per heavy atom. The fourth-order valence-corrected chi connectivity index (χ4v) is 2.50. The number of nitrogens with one attached hydrogen (secondary N) is 2. The van der Waals surface area contributed by atoms with Gasteiger partial charge >= 0.3 is 0 Å². The molecule has 2 aliphatic heterocycles. The molecular weight excluding hydrogens is 204 g/mol. The summed E-state index contributed by atoms with van der Waals surface area (Å²) < 4.78 is 5.58. The van der Waals surface area contributed by atoms with Gasteiger partial charge in [0.05, 0.1) is 12.1 Å². The smallest absolute Gasteiger partial charge is 0.237 e. The van der Waals surface area contributed by atoms with Crippen molar-refractivity contribution in [2.45, 2.75) is 57.2 Å².